The number of piperidine rings is 1. The van der Waals surface area contributed by atoms with Crippen LogP contribution in [0.2, 0.25) is 0 Å². The molecule has 0 aromatic carbocycles. The van der Waals surface area contributed by atoms with E-state index in [9.17, 15) is 4.79 Å². The normalized spacial score (nSPS) is 15.3. The van der Waals surface area contributed by atoms with Crippen LogP contribution in [0, 0.1) is 0 Å². The molecule has 0 unspecified atom stereocenters. The molecule has 0 spiro atoms. The van der Waals surface area contributed by atoms with Crippen molar-refractivity contribution in [3.05, 3.63) is 18.1 Å². The molecule has 1 aliphatic heterocycles. The van der Waals surface area contributed by atoms with E-state index in [2.05, 4.69) is 30.5 Å². The maximum Gasteiger partial charge on any atom is 0.271 e. The summed E-state index contributed by atoms with van der Waals surface area (Å²) >= 11 is 0. The number of carbonyl (C=O) groups is 1. The second-order valence-corrected chi connectivity index (χ2v) is 5.43. The van der Waals surface area contributed by atoms with Gasteiger partial charge in [0.2, 0.25) is 17.8 Å². The second kappa shape index (κ2) is 7.11. The van der Waals surface area contributed by atoms with Gasteiger partial charge in [-0.25, -0.2) is 15.1 Å². The van der Waals surface area contributed by atoms with Crippen molar-refractivity contribution in [1.82, 2.24) is 30.5 Å². The smallest absolute Gasteiger partial charge is 0.271 e. The largest absolute Gasteiger partial charge is 0.477 e. The van der Waals surface area contributed by atoms with Gasteiger partial charge in [0.1, 0.15) is 5.69 Å². The van der Waals surface area contributed by atoms with Crippen LogP contribution in [0.1, 0.15) is 30.3 Å². The molecule has 1 fully saturated rings. The van der Waals surface area contributed by atoms with Crippen molar-refractivity contribution in [2.75, 3.05) is 30.3 Å². The Hall–Kier alpha value is -2.91. The second-order valence-electron chi connectivity index (χ2n) is 5.43. The highest BCUT2D eigenvalue weighted by Crippen LogP contribution is 2.16. The molecule has 2 aromatic rings. The Kier molecular flexibility index (Phi) is 4.73. The summed E-state index contributed by atoms with van der Waals surface area (Å²) in [5.41, 5.74) is 5.82. The van der Waals surface area contributed by atoms with Gasteiger partial charge in [-0.15, -0.1) is 5.10 Å². The third-order valence-corrected chi connectivity index (χ3v) is 3.76. The number of nitrogen functional groups attached to an aromatic ring is 1. The standard InChI is InChI=1S/C14H20N8O2/c1-2-24-11-8-16-10(7-17-11)12(23)18-9-3-5-22(6-4-9)14-19-13(15)20-21-14/h7-9H,2-6H2,1H3,(H,18,23)(H3,15,19,20,21). The topological polar surface area (TPSA) is 135 Å². The van der Waals surface area contributed by atoms with Crippen LogP contribution < -0.4 is 20.7 Å². The summed E-state index contributed by atoms with van der Waals surface area (Å²) in [4.78, 5) is 26.5. The number of amides is 1. The zero-order valence-electron chi connectivity index (χ0n) is 13.4. The van der Waals surface area contributed by atoms with E-state index >= 15 is 0 Å². The van der Waals surface area contributed by atoms with Crippen LogP contribution in [-0.2, 0) is 0 Å². The number of H-pyrrole nitrogens is 1. The van der Waals surface area contributed by atoms with Gasteiger partial charge in [0, 0.05) is 19.1 Å². The van der Waals surface area contributed by atoms with Gasteiger partial charge in [-0.3, -0.25) is 4.79 Å². The fraction of sp³-hybridized carbons (Fsp3) is 0.500. The summed E-state index contributed by atoms with van der Waals surface area (Å²) < 4.78 is 5.21. The molecule has 2 aromatic heterocycles. The van der Waals surface area contributed by atoms with Gasteiger partial charge < -0.3 is 20.7 Å². The number of nitrogens with two attached hydrogens (primary N) is 1. The van der Waals surface area contributed by atoms with Crippen LogP contribution in [0.4, 0.5) is 11.9 Å². The summed E-state index contributed by atoms with van der Waals surface area (Å²) in [6, 6.07) is 0.0819. The highest BCUT2D eigenvalue weighted by atomic mass is 16.5. The summed E-state index contributed by atoms with van der Waals surface area (Å²) in [5, 5.41) is 9.65. The fourth-order valence-electron chi connectivity index (χ4n) is 2.55. The monoisotopic (exact) mass is 332 g/mol. The predicted octanol–water partition coefficient (Wildman–Crippen LogP) is -0.0256. The van der Waals surface area contributed by atoms with Gasteiger partial charge in [0.05, 0.1) is 19.0 Å². The minimum atomic E-state index is -0.230. The van der Waals surface area contributed by atoms with Crippen LogP contribution in [-0.4, -0.2) is 56.8 Å². The summed E-state index contributed by atoms with van der Waals surface area (Å²) in [7, 11) is 0. The predicted molar refractivity (Wildman–Crippen MR) is 86.7 cm³/mol. The molecule has 3 rings (SSSR count). The van der Waals surface area contributed by atoms with Crippen LogP contribution in [0.25, 0.3) is 0 Å². The Morgan fingerprint density at radius 2 is 2.21 bits per heavy atom. The minimum absolute atomic E-state index is 0.0819. The molecule has 1 aliphatic rings. The van der Waals surface area contributed by atoms with Crippen molar-refractivity contribution in [3.63, 3.8) is 0 Å². The number of anilines is 2. The van der Waals surface area contributed by atoms with Crippen molar-refractivity contribution in [2.45, 2.75) is 25.8 Å². The van der Waals surface area contributed by atoms with E-state index in [4.69, 9.17) is 10.5 Å². The third-order valence-electron chi connectivity index (χ3n) is 3.76. The SMILES string of the molecule is CCOc1cnc(C(=O)NC2CCN(c3n[nH]c(N)n3)CC2)cn1. The van der Waals surface area contributed by atoms with Crippen molar-refractivity contribution in [3.8, 4) is 5.88 Å². The number of rotatable bonds is 5. The Bertz CT molecular complexity index is 678. The van der Waals surface area contributed by atoms with E-state index in [-0.39, 0.29) is 17.6 Å². The summed E-state index contributed by atoms with van der Waals surface area (Å²) in [6.45, 7) is 3.87. The maximum absolute atomic E-state index is 12.2. The number of ether oxygens (including phenoxy) is 1. The first-order valence-electron chi connectivity index (χ1n) is 7.84. The molecule has 128 valence electrons. The molecular formula is C14H20N8O2. The lowest BCUT2D eigenvalue weighted by atomic mass is 10.1. The van der Waals surface area contributed by atoms with Crippen LogP contribution in [0.3, 0.4) is 0 Å². The number of hydrogen-bond donors (Lipinski definition) is 3. The number of aromatic nitrogens is 5. The molecule has 1 saturated heterocycles. The molecule has 10 nitrogen and oxygen atoms in total. The van der Waals surface area contributed by atoms with Crippen molar-refractivity contribution < 1.29 is 9.53 Å². The van der Waals surface area contributed by atoms with Crippen molar-refractivity contribution >= 4 is 17.8 Å². The molecule has 24 heavy (non-hydrogen) atoms. The molecule has 0 bridgehead atoms. The van der Waals surface area contributed by atoms with Gasteiger partial charge in [-0.2, -0.15) is 4.98 Å². The number of carbonyl (C=O) groups excluding carboxylic acids is 1. The fourth-order valence-corrected chi connectivity index (χ4v) is 2.55. The van der Waals surface area contributed by atoms with Gasteiger partial charge in [-0.1, -0.05) is 0 Å². The maximum atomic E-state index is 12.2. The first-order valence-corrected chi connectivity index (χ1v) is 7.84. The first-order chi connectivity index (χ1) is 11.7. The Labute approximate surface area is 138 Å². The molecule has 0 aliphatic carbocycles. The van der Waals surface area contributed by atoms with E-state index in [1.807, 2.05) is 11.8 Å². The molecule has 4 N–H and O–H groups in total. The van der Waals surface area contributed by atoms with Crippen LogP contribution >= 0.6 is 0 Å². The average Bonchev–Trinajstić information content (AvgIpc) is 3.03. The molecule has 1 amide bonds. The van der Waals surface area contributed by atoms with Gasteiger partial charge in [0.15, 0.2) is 0 Å². The third kappa shape index (κ3) is 3.70. The molecule has 3 heterocycles. The quantitative estimate of drug-likeness (QED) is 0.695. The summed E-state index contributed by atoms with van der Waals surface area (Å²) in [5.74, 6) is 1.07. The highest BCUT2D eigenvalue weighted by molar-refractivity contribution is 5.92. The van der Waals surface area contributed by atoms with Crippen molar-refractivity contribution in [1.29, 1.82) is 0 Å². The van der Waals surface area contributed by atoms with Gasteiger partial charge >= 0.3 is 0 Å². The average molecular weight is 332 g/mol. The van der Waals surface area contributed by atoms with E-state index in [0.29, 0.717) is 24.4 Å². The molecule has 0 radical (unpaired) electrons. The zero-order valence-corrected chi connectivity index (χ0v) is 13.4. The molecule has 10 heteroatoms. The Balaban J connectivity index is 1.51. The lowest BCUT2D eigenvalue weighted by Gasteiger charge is -2.31. The highest BCUT2D eigenvalue weighted by Gasteiger charge is 2.23. The van der Waals surface area contributed by atoms with E-state index in [1.165, 1.54) is 12.4 Å². The number of nitrogens with zero attached hydrogens (tertiary/aromatic N) is 5. The summed E-state index contributed by atoms with van der Waals surface area (Å²) in [6.07, 6.45) is 4.47. The zero-order chi connectivity index (χ0) is 16.9. The van der Waals surface area contributed by atoms with E-state index in [0.717, 1.165) is 25.9 Å². The van der Waals surface area contributed by atoms with Gasteiger partial charge in [-0.05, 0) is 19.8 Å². The number of hydrogen-bond acceptors (Lipinski definition) is 8. The van der Waals surface area contributed by atoms with Gasteiger partial charge in [0.25, 0.3) is 5.91 Å². The number of aromatic amines is 1. The van der Waals surface area contributed by atoms with Crippen molar-refractivity contribution in [2.24, 2.45) is 0 Å². The van der Waals surface area contributed by atoms with E-state index in [1.54, 1.807) is 0 Å². The Morgan fingerprint density at radius 1 is 1.42 bits per heavy atom. The minimum Gasteiger partial charge on any atom is -0.477 e. The first kappa shape index (κ1) is 16.0. The number of nitrogens with one attached hydrogen (secondary N) is 2. The van der Waals surface area contributed by atoms with E-state index < -0.39 is 0 Å². The van der Waals surface area contributed by atoms with Crippen LogP contribution in [0.15, 0.2) is 12.4 Å². The molecule has 0 atom stereocenters. The van der Waals surface area contributed by atoms with Crippen LogP contribution in [0.5, 0.6) is 5.88 Å². The lowest BCUT2D eigenvalue weighted by molar-refractivity contribution is 0.0925. The lowest BCUT2D eigenvalue weighted by Crippen LogP contribution is -2.45. The molecular weight excluding hydrogens is 312 g/mol. The Morgan fingerprint density at radius 3 is 2.79 bits per heavy atom. The molecule has 0 saturated carbocycles.